The molecule has 0 fully saturated rings. The van der Waals surface area contributed by atoms with Gasteiger partial charge in [-0.1, -0.05) is 17.3 Å². The van der Waals surface area contributed by atoms with Gasteiger partial charge in [-0.3, -0.25) is 4.98 Å². The number of hydrogen-bond donors (Lipinski definition) is 1. The SMILES string of the molecule is OCCCc1cn(-c2cccc3cnccc23)nn1. The lowest BCUT2D eigenvalue weighted by atomic mass is 10.1. The molecule has 0 unspecified atom stereocenters. The first-order valence-electron chi connectivity index (χ1n) is 6.23. The van der Waals surface area contributed by atoms with Gasteiger partial charge in [-0.05, 0) is 25.0 Å². The quantitative estimate of drug-likeness (QED) is 0.770. The van der Waals surface area contributed by atoms with Crippen LogP contribution in [-0.2, 0) is 6.42 Å². The standard InChI is InChI=1S/C14H14N4O/c19-8-2-4-12-10-18(17-16-12)14-5-1-3-11-9-15-7-6-13(11)14/h1,3,5-7,9-10,19H,2,4,8H2. The van der Waals surface area contributed by atoms with E-state index in [9.17, 15) is 0 Å². The van der Waals surface area contributed by atoms with E-state index in [2.05, 4.69) is 15.3 Å². The summed E-state index contributed by atoms with van der Waals surface area (Å²) in [5.74, 6) is 0. The van der Waals surface area contributed by atoms with E-state index in [4.69, 9.17) is 5.11 Å². The van der Waals surface area contributed by atoms with Crippen LogP contribution in [0.3, 0.4) is 0 Å². The zero-order chi connectivity index (χ0) is 13.1. The van der Waals surface area contributed by atoms with Gasteiger partial charge < -0.3 is 5.11 Å². The number of rotatable bonds is 4. The molecule has 2 aromatic heterocycles. The molecule has 0 saturated heterocycles. The molecule has 3 aromatic rings. The third kappa shape index (κ3) is 2.32. The van der Waals surface area contributed by atoms with Gasteiger partial charge in [-0.15, -0.1) is 5.10 Å². The summed E-state index contributed by atoms with van der Waals surface area (Å²) in [6.45, 7) is 0.173. The van der Waals surface area contributed by atoms with Crippen LogP contribution in [-0.4, -0.2) is 31.7 Å². The summed E-state index contributed by atoms with van der Waals surface area (Å²) in [7, 11) is 0. The summed E-state index contributed by atoms with van der Waals surface area (Å²) in [6.07, 6.45) is 6.96. The van der Waals surface area contributed by atoms with Gasteiger partial charge in [-0.25, -0.2) is 4.68 Å². The number of aliphatic hydroxyl groups excluding tert-OH is 1. The molecule has 0 spiro atoms. The summed E-state index contributed by atoms with van der Waals surface area (Å²) in [4.78, 5) is 4.12. The smallest absolute Gasteiger partial charge is 0.0832 e. The van der Waals surface area contributed by atoms with E-state index in [1.807, 2.05) is 36.7 Å². The number of aromatic nitrogens is 4. The molecule has 2 heterocycles. The van der Waals surface area contributed by atoms with Crippen LogP contribution in [0, 0.1) is 0 Å². The van der Waals surface area contributed by atoms with Crippen LogP contribution in [0.2, 0.25) is 0 Å². The molecule has 5 heteroatoms. The Morgan fingerprint density at radius 3 is 3.05 bits per heavy atom. The summed E-state index contributed by atoms with van der Waals surface area (Å²) >= 11 is 0. The number of aliphatic hydroxyl groups is 1. The van der Waals surface area contributed by atoms with Crippen molar-refractivity contribution in [1.29, 1.82) is 0 Å². The van der Waals surface area contributed by atoms with Gasteiger partial charge in [0.25, 0.3) is 0 Å². The molecular formula is C14H14N4O. The van der Waals surface area contributed by atoms with Crippen LogP contribution in [0.25, 0.3) is 16.5 Å². The normalized spacial score (nSPS) is 11.0. The Morgan fingerprint density at radius 2 is 2.16 bits per heavy atom. The van der Waals surface area contributed by atoms with Crippen LogP contribution >= 0.6 is 0 Å². The second-order valence-electron chi connectivity index (χ2n) is 4.36. The van der Waals surface area contributed by atoms with Crippen LogP contribution < -0.4 is 0 Å². The first-order valence-corrected chi connectivity index (χ1v) is 6.23. The Balaban J connectivity index is 2.02. The van der Waals surface area contributed by atoms with E-state index in [0.29, 0.717) is 6.42 Å². The largest absolute Gasteiger partial charge is 0.396 e. The van der Waals surface area contributed by atoms with Gasteiger partial charge in [0.15, 0.2) is 0 Å². The van der Waals surface area contributed by atoms with Crippen molar-refractivity contribution >= 4 is 10.8 Å². The van der Waals surface area contributed by atoms with E-state index in [1.54, 1.807) is 10.9 Å². The molecule has 0 amide bonds. The van der Waals surface area contributed by atoms with Gasteiger partial charge in [0.2, 0.25) is 0 Å². The average Bonchev–Trinajstić information content (AvgIpc) is 2.93. The third-order valence-electron chi connectivity index (χ3n) is 3.04. The molecule has 0 bridgehead atoms. The molecule has 0 atom stereocenters. The highest BCUT2D eigenvalue weighted by molar-refractivity contribution is 5.89. The lowest BCUT2D eigenvalue weighted by Gasteiger charge is -2.04. The number of benzene rings is 1. The second-order valence-corrected chi connectivity index (χ2v) is 4.36. The number of aryl methyl sites for hydroxylation is 1. The first kappa shape index (κ1) is 11.8. The Morgan fingerprint density at radius 1 is 1.21 bits per heavy atom. The molecular weight excluding hydrogens is 240 g/mol. The highest BCUT2D eigenvalue weighted by atomic mass is 16.2. The molecule has 5 nitrogen and oxygen atoms in total. The molecule has 96 valence electrons. The molecule has 1 aromatic carbocycles. The number of pyridine rings is 1. The molecule has 3 rings (SSSR count). The fourth-order valence-corrected chi connectivity index (χ4v) is 2.10. The number of nitrogens with zero attached hydrogens (tertiary/aromatic N) is 4. The van der Waals surface area contributed by atoms with Crippen molar-refractivity contribution in [2.45, 2.75) is 12.8 Å². The van der Waals surface area contributed by atoms with E-state index in [-0.39, 0.29) is 6.61 Å². The van der Waals surface area contributed by atoms with Crippen molar-refractivity contribution in [2.24, 2.45) is 0 Å². The second kappa shape index (κ2) is 5.16. The zero-order valence-electron chi connectivity index (χ0n) is 10.4. The fraction of sp³-hybridized carbons (Fsp3) is 0.214. The van der Waals surface area contributed by atoms with Crippen LogP contribution in [0.1, 0.15) is 12.1 Å². The van der Waals surface area contributed by atoms with Gasteiger partial charge in [0, 0.05) is 29.8 Å². The average molecular weight is 254 g/mol. The van der Waals surface area contributed by atoms with Crippen molar-refractivity contribution in [1.82, 2.24) is 20.0 Å². The van der Waals surface area contributed by atoms with Crippen molar-refractivity contribution in [3.8, 4) is 5.69 Å². The maximum absolute atomic E-state index is 8.83. The minimum absolute atomic E-state index is 0.173. The third-order valence-corrected chi connectivity index (χ3v) is 3.04. The highest BCUT2D eigenvalue weighted by Gasteiger charge is 2.06. The van der Waals surface area contributed by atoms with Gasteiger partial charge in [0.1, 0.15) is 0 Å². The van der Waals surface area contributed by atoms with E-state index in [0.717, 1.165) is 28.6 Å². The van der Waals surface area contributed by atoms with E-state index >= 15 is 0 Å². The maximum atomic E-state index is 8.83. The lowest BCUT2D eigenvalue weighted by Crippen LogP contribution is -1.96. The predicted molar refractivity (Wildman–Crippen MR) is 72.1 cm³/mol. The van der Waals surface area contributed by atoms with Crippen molar-refractivity contribution < 1.29 is 5.11 Å². The highest BCUT2D eigenvalue weighted by Crippen LogP contribution is 2.20. The topological polar surface area (TPSA) is 63.8 Å². The Hall–Kier alpha value is -2.27. The molecule has 0 aliphatic carbocycles. The number of hydrogen-bond acceptors (Lipinski definition) is 4. The molecule has 0 radical (unpaired) electrons. The summed E-state index contributed by atoms with van der Waals surface area (Å²) in [5, 5.41) is 19.3. The fourth-order valence-electron chi connectivity index (χ4n) is 2.10. The minimum Gasteiger partial charge on any atom is -0.396 e. The predicted octanol–water partition coefficient (Wildman–Crippen LogP) is 1.74. The molecule has 1 N–H and O–H groups in total. The maximum Gasteiger partial charge on any atom is 0.0832 e. The van der Waals surface area contributed by atoms with Crippen molar-refractivity contribution in [3.63, 3.8) is 0 Å². The molecule has 0 aliphatic rings. The van der Waals surface area contributed by atoms with E-state index < -0.39 is 0 Å². The van der Waals surface area contributed by atoms with Crippen LogP contribution in [0.15, 0.2) is 42.9 Å². The monoisotopic (exact) mass is 254 g/mol. The minimum atomic E-state index is 0.173. The summed E-state index contributed by atoms with van der Waals surface area (Å²) in [5.41, 5.74) is 1.88. The Labute approximate surface area is 110 Å². The lowest BCUT2D eigenvalue weighted by molar-refractivity contribution is 0.288. The zero-order valence-corrected chi connectivity index (χ0v) is 10.4. The van der Waals surface area contributed by atoms with Crippen LogP contribution in [0.5, 0.6) is 0 Å². The van der Waals surface area contributed by atoms with Gasteiger partial charge >= 0.3 is 0 Å². The van der Waals surface area contributed by atoms with Crippen molar-refractivity contribution in [2.75, 3.05) is 6.61 Å². The van der Waals surface area contributed by atoms with Crippen molar-refractivity contribution in [3.05, 3.63) is 48.5 Å². The van der Waals surface area contributed by atoms with Gasteiger partial charge in [-0.2, -0.15) is 0 Å². The van der Waals surface area contributed by atoms with E-state index in [1.165, 1.54) is 0 Å². The van der Waals surface area contributed by atoms with Gasteiger partial charge in [0.05, 0.1) is 17.6 Å². The summed E-state index contributed by atoms with van der Waals surface area (Å²) < 4.78 is 1.77. The summed E-state index contributed by atoms with van der Waals surface area (Å²) in [6, 6.07) is 7.98. The van der Waals surface area contributed by atoms with Crippen LogP contribution in [0.4, 0.5) is 0 Å². The molecule has 0 aliphatic heterocycles. The Bertz CT molecular complexity index is 687. The Kier molecular flexibility index (Phi) is 3.20. The molecule has 0 saturated carbocycles. The molecule has 19 heavy (non-hydrogen) atoms. The first-order chi connectivity index (χ1) is 9.38. The number of fused-ring (bicyclic) bond motifs is 1.